The predicted octanol–water partition coefficient (Wildman–Crippen LogP) is 1.69. The highest BCUT2D eigenvalue weighted by molar-refractivity contribution is 6.30. The molecule has 0 amide bonds. The minimum absolute atomic E-state index is 0.339. The second-order valence-corrected chi connectivity index (χ2v) is 3.29. The molecular weight excluding hydrogens is 174 g/mol. The average Bonchev–Trinajstić information content (AvgIpc) is 2.00. The molecule has 0 atom stereocenters. The van der Waals surface area contributed by atoms with Crippen molar-refractivity contribution in [2.24, 2.45) is 0 Å². The Bertz CT molecular complexity index is 256. The fourth-order valence-electron chi connectivity index (χ4n) is 1.05. The highest BCUT2D eigenvalue weighted by atomic mass is 35.5. The second kappa shape index (κ2) is 3.33. The van der Waals surface area contributed by atoms with Crippen molar-refractivity contribution < 1.29 is 4.74 Å². The van der Waals surface area contributed by atoms with Gasteiger partial charge in [0.25, 0.3) is 0 Å². The Labute approximate surface area is 76.5 Å². The van der Waals surface area contributed by atoms with Crippen LogP contribution in [0.4, 0.5) is 0 Å². The highest BCUT2D eigenvalue weighted by Gasteiger charge is 2.17. The van der Waals surface area contributed by atoms with E-state index < -0.39 is 0 Å². The van der Waals surface area contributed by atoms with Gasteiger partial charge in [-0.25, -0.2) is 0 Å². The Morgan fingerprint density at radius 2 is 1.92 bits per heavy atom. The largest absolute Gasteiger partial charge is 0.488 e. The van der Waals surface area contributed by atoms with Crippen LogP contribution in [-0.4, -0.2) is 19.2 Å². The summed E-state index contributed by atoms with van der Waals surface area (Å²) >= 11 is 5.73. The molecule has 1 aliphatic rings. The van der Waals surface area contributed by atoms with Crippen LogP contribution in [-0.2, 0) is 0 Å². The summed E-state index contributed by atoms with van der Waals surface area (Å²) in [4.78, 5) is 0. The van der Waals surface area contributed by atoms with Gasteiger partial charge in [-0.15, -0.1) is 0 Å². The van der Waals surface area contributed by atoms with E-state index in [1.807, 2.05) is 24.3 Å². The summed E-state index contributed by atoms with van der Waals surface area (Å²) in [6.45, 7) is 1.89. The molecule has 0 saturated carbocycles. The van der Waals surface area contributed by atoms with Crippen LogP contribution in [0.25, 0.3) is 0 Å². The molecule has 1 saturated heterocycles. The van der Waals surface area contributed by atoms with Gasteiger partial charge >= 0.3 is 0 Å². The third kappa shape index (κ3) is 1.71. The summed E-state index contributed by atoms with van der Waals surface area (Å²) in [5.74, 6) is 0.894. The molecule has 64 valence electrons. The number of ether oxygens (including phenoxy) is 1. The summed E-state index contributed by atoms with van der Waals surface area (Å²) < 4.78 is 5.58. The first-order valence-electron chi connectivity index (χ1n) is 3.97. The molecule has 1 aliphatic heterocycles. The van der Waals surface area contributed by atoms with Crippen molar-refractivity contribution in [3.05, 3.63) is 29.3 Å². The molecule has 0 aliphatic carbocycles. The van der Waals surface area contributed by atoms with Gasteiger partial charge in [0.2, 0.25) is 0 Å². The van der Waals surface area contributed by atoms with Gasteiger partial charge in [0.15, 0.2) is 0 Å². The van der Waals surface area contributed by atoms with Crippen molar-refractivity contribution in [3.63, 3.8) is 0 Å². The fraction of sp³-hybridized carbons (Fsp3) is 0.333. The van der Waals surface area contributed by atoms with E-state index in [1.54, 1.807) is 0 Å². The van der Waals surface area contributed by atoms with Crippen LogP contribution in [0.3, 0.4) is 0 Å². The number of halogens is 1. The van der Waals surface area contributed by atoms with E-state index in [0.29, 0.717) is 6.10 Å². The maximum Gasteiger partial charge on any atom is 0.123 e. The van der Waals surface area contributed by atoms with Crippen molar-refractivity contribution in [2.75, 3.05) is 13.1 Å². The first-order chi connectivity index (χ1) is 5.84. The zero-order valence-electron chi connectivity index (χ0n) is 6.59. The van der Waals surface area contributed by atoms with Gasteiger partial charge in [-0.3, -0.25) is 0 Å². The van der Waals surface area contributed by atoms with Gasteiger partial charge in [-0.2, -0.15) is 0 Å². The van der Waals surface area contributed by atoms with E-state index >= 15 is 0 Å². The molecule has 0 spiro atoms. The number of rotatable bonds is 2. The molecule has 2 nitrogen and oxygen atoms in total. The number of hydrogen-bond donors (Lipinski definition) is 1. The summed E-state index contributed by atoms with van der Waals surface area (Å²) in [7, 11) is 0. The lowest BCUT2D eigenvalue weighted by Gasteiger charge is -2.27. The van der Waals surface area contributed by atoms with E-state index in [2.05, 4.69) is 5.32 Å². The van der Waals surface area contributed by atoms with Crippen molar-refractivity contribution in [1.29, 1.82) is 0 Å². The Hall–Kier alpha value is -0.730. The summed E-state index contributed by atoms with van der Waals surface area (Å²) in [5, 5.41) is 3.89. The molecule has 0 bridgehead atoms. The molecule has 3 heteroatoms. The standard InChI is InChI=1S/C9H10ClNO/c10-7-1-3-8(4-2-7)12-9-5-11-6-9/h1-4,9,11H,5-6H2. The number of nitrogens with one attached hydrogen (secondary N) is 1. The first-order valence-corrected chi connectivity index (χ1v) is 4.35. The molecule has 0 unspecified atom stereocenters. The maximum atomic E-state index is 5.73. The van der Waals surface area contributed by atoms with E-state index in [4.69, 9.17) is 16.3 Å². The first kappa shape index (κ1) is 7.90. The molecule has 2 rings (SSSR count). The van der Waals surface area contributed by atoms with Crippen LogP contribution in [0.1, 0.15) is 0 Å². The fourth-order valence-corrected chi connectivity index (χ4v) is 1.18. The molecule has 1 aromatic carbocycles. The average molecular weight is 184 g/mol. The van der Waals surface area contributed by atoms with Gasteiger partial charge in [0, 0.05) is 18.1 Å². The van der Waals surface area contributed by atoms with Gasteiger partial charge in [-0.1, -0.05) is 11.6 Å². The van der Waals surface area contributed by atoms with E-state index in [-0.39, 0.29) is 0 Å². The zero-order chi connectivity index (χ0) is 8.39. The lowest BCUT2D eigenvalue weighted by atomic mass is 10.2. The molecule has 0 aromatic heterocycles. The van der Waals surface area contributed by atoms with Crippen molar-refractivity contribution >= 4 is 11.6 Å². The van der Waals surface area contributed by atoms with Crippen LogP contribution < -0.4 is 10.1 Å². The van der Waals surface area contributed by atoms with Crippen LogP contribution in [0, 0.1) is 0 Å². The normalized spacial score (nSPS) is 17.1. The predicted molar refractivity (Wildman–Crippen MR) is 48.7 cm³/mol. The number of benzene rings is 1. The lowest BCUT2D eigenvalue weighted by Crippen LogP contribution is -2.50. The Kier molecular flexibility index (Phi) is 2.19. The lowest BCUT2D eigenvalue weighted by molar-refractivity contribution is 0.142. The number of hydrogen-bond acceptors (Lipinski definition) is 2. The molecule has 1 fully saturated rings. The van der Waals surface area contributed by atoms with E-state index in [0.717, 1.165) is 23.9 Å². The topological polar surface area (TPSA) is 21.3 Å². The summed E-state index contributed by atoms with van der Waals surface area (Å²) in [6.07, 6.45) is 0.339. The highest BCUT2D eigenvalue weighted by Crippen LogP contribution is 2.17. The van der Waals surface area contributed by atoms with Crippen LogP contribution in [0.15, 0.2) is 24.3 Å². The zero-order valence-corrected chi connectivity index (χ0v) is 7.34. The van der Waals surface area contributed by atoms with Crippen molar-refractivity contribution in [1.82, 2.24) is 5.32 Å². The third-order valence-corrected chi connectivity index (χ3v) is 2.11. The van der Waals surface area contributed by atoms with Gasteiger partial charge in [0.05, 0.1) is 0 Å². The molecule has 1 heterocycles. The third-order valence-electron chi connectivity index (χ3n) is 1.86. The van der Waals surface area contributed by atoms with Crippen LogP contribution in [0.5, 0.6) is 5.75 Å². The molecule has 12 heavy (non-hydrogen) atoms. The van der Waals surface area contributed by atoms with Gasteiger partial charge < -0.3 is 10.1 Å². The smallest absolute Gasteiger partial charge is 0.123 e. The molecule has 1 N–H and O–H groups in total. The van der Waals surface area contributed by atoms with E-state index in [1.165, 1.54) is 0 Å². The molecular formula is C9H10ClNO. The van der Waals surface area contributed by atoms with E-state index in [9.17, 15) is 0 Å². The Balaban J connectivity index is 1.98. The van der Waals surface area contributed by atoms with Crippen molar-refractivity contribution in [2.45, 2.75) is 6.10 Å². The second-order valence-electron chi connectivity index (χ2n) is 2.85. The Morgan fingerprint density at radius 3 is 2.42 bits per heavy atom. The van der Waals surface area contributed by atoms with Crippen molar-refractivity contribution in [3.8, 4) is 5.75 Å². The Morgan fingerprint density at radius 1 is 1.25 bits per heavy atom. The summed E-state index contributed by atoms with van der Waals surface area (Å²) in [6, 6.07) is 7.45. The van der Waals surface area contributed by atoms with Gasteiger partial charge in [0.1, 0.15) is 11.9 Å². The molecule has 1 aromatic rings. The minimum Gasteiger partial charge on any atom is -0.488 e. The van der Waals surface area contributed by atoms with Gasteiger partial charge in [-0.05, 0) is 24.3 Å². The monoisotopic (exact) mass is 183 g/mol. The summed E-state index contributed by atoms with van der Waals surface area (Å²) in [5.41, 5.74) is 0. The molecule has 0 radical (unpaired) electrons. The maximum absolute atomic E-state index is 5.73. The quantitative estimate of drug-likeness (QED) is 0.754. The van der Waals surface area contributed by atoms with Crippen LogP contribution >= 0.6 is 11.6 Å². The van der Waals surface area contributed by atoms with Crippen LogP contribution in [0.2, 0.25) is 5.02 Å². The minimum atomic E-state index is 0.339. The SMILES string of the molecule is Clc1ccc(OC2CNC2)cc1.